The number of benzene rings is 2. The summed E-state index contributed by atoms with van der Waals surface area (Å²) in [5.74, 6) is 0.109. The third-order valence-electron chi connectivity index (χ3n) is 4.82. The van der Waals surface area contributed by atoms with E-state index < -0.39 is 0 Å². The number of aromatic nitrogens is 3. The van der Waals surface area contributed by atoms with E-state index in [9.17, 15) is 9.59 Å². The van der Waals surface area contributed by atoms with Gasteiger partial charge in [-0.3, -0.25) is 9.36 Å². The summed E-state index contributed by atoms with van der Waals surface area (Å²) in [4.78, 5) is 26.6. The van der Waals surface area contributed by atoms with Crippen molar-refractivity contribution in [2.24, 2.45) is 0 Å². The van der Waals surface area contributed by atoms with Gasteiger partial charge in [0.15, 0.2) is 5.16 Å². The van der Waals surface area contributed by atoms with Crippen molar-refractivity contribution in [3.63, 3.8) is 0 Å². The predicted molar refractivity (Wildman–Crippen MR) is 120 cm³/mol. The van der Waals surface area contributed by atoms with Crippen molar-refractivity contribution in [2.45, 2.75) is 24.2 Å². The summed E-state index contributed by atoms with van der Waals surface area (Å²) in [5, 5.41) is 10.1. The molecule has 1 atom stereocenters. The number of aryl methyl sites for hydroxylation is 1. The highest BCUT2D eigenvalue weighted by atomic mass is 32.2. The zero-order valence-corrected chi connectivity index (χ0v) is 18.1. The molecule has 0 spiro atoms. The first kappa shape index (κ1) is 21.9. The SMILES string of the molecule is CN(C)[C@@H](CNC(=O)CSc1n[nH]c(=O)n1CCc1ccccc1)c1ccccc1. The first-order valence-electron chi connectivity index (χ1n) is 9.84. The average molecular weight is 426 g/mol. The highest BCUT2D eigenvalue weighted by Gasteiger charge is 2.16. The second-order valence-electron chi connectivity index (χ2n) is 7.18. The van der Waals surface area contributed by atoms with E-state index in [2.05, 4.69) is 32.5 Å². The minimum absolute atomic E-state index is 0.0900. The van der Waals surface area contributed by atoms with Crippen LogP contribution in [-0.4, -0.2) is 52.0 Å². The Morgan fingerprint density at radius 1 is 1.13 bits per heavy atom. The molecule has 0 aliphatic heterocycles. The Hall–Kier alpha value is -2.84. The van der Waals surface area contributed by atoms with Gasteiger partial charge in [0.25, 0.3) is 0 Å². The van der Waals surface area contributed by atoms with E-state index >= 15 is 0 Å². The van der Waals surface area contributed by atoms with E-state index in [0.717, 1.165) is 17.5 Å². The van der Waals surface area contributed by atoms with Crippen LogP contribution in [0.5, 0.6) is 0 Å². The van der Waals surface area contributed by atoms with Crippen LogP contribution in [-0.2, 0) is 17.8 Å². The van der Waals surface area contributed by atoms with Gasteiger partial charge in [-0.2, -0.15) is 0 Å². The zero-order chi connectivity index (χ0) is 21.3. The molecule has 0 unspecified atom stereocenters. The zero-order valence-electron chi connectivity index (χ0n) is 17.2. The fraction of sp³-hybridized carbons (Fsp3) is 0.318. The van der Waals surface area contributed by atoms with E-state index in [1.807, 2.05) is 62.6 Å². The standard InChI is InChI=1S/C22H27N5O2S/c1-26(2)19(18-11-7-4-8-12-18)15-23-20(28)16-30-22-25-24-21(29)27(22)14-13-17-9-5-3-6-10-17/h3-12,19H,13-16H2,1-2H3,(H,23,28)(H,24,29)/t19-/m0/s1. The fourth-order valence-corrected chi connectivity index (χ4v) is 3.96. The van der Waals surface area contributed by atoms with E-state index in [0.29, 0.717) is 18.2 Å². The summed E-state index contributed by atoms with van der Waals surface area (Å²) in [5.41, 5.74) is 2.04. The smallest absolute Gasteiger partial charge is 0.343 e. The van der Waals surface area contributed by atoms with Crippen LogP contribution in [0, 0.1) is 0 Å². The van der Waals surface area contributed by atoms with Crippen LogP contribution in [0.1, 0.15) is 17.2 Å². The van der Waals surface area contributed by atoms with Crippen molar-refractivity contribution in [1.82, 2.24) is 25.0 Å². The average Bonchev–Trinajstić information content (AvgIpc) is 3.11. The summed E-state index contributed by atoms with van der Waals surface area (Å²) < 4.78 is 1.58. The lowest BCUT2D eigenvalue weighted by Crippen LogP contribution is -2.35. The Bertz CT molecular complexity index is 986. The number of hydrogen-bond acceptors (Lipinski definition) is 5. The number of likely N-dealkylation sites (N-methyl/N-ethyl adjacent to an activating group) is 1. The second-order valence-corrected chi connectivity index (χ2v) is 8.12. The van der Waals surface area contributed by atoms with Gasteiger partial charge in [-0.05, 0) is 31.6 Å². The van der Waals surface area contributed by atoms with E-state index in [4.69, 9.17) is 0 Å². The van der Waals surface area contributed by atoms with Crippen LogP contribution in [0.4, 0.5) is 0 Å². The van der Waals surface area contributed by atoms with Crippen LogP contribution < -0.4 is 11.0 Å². The number of aromatic amines is 1. The molecule has 0 aliphatic carbocycles. The first-order valence-corrected chi connectivity index (χ1v) is 10.8. The van der Waals surface area contributed by atoms with Crippen molar-refractivity contribution in [3.05, 3.63) is 82.3 Å². The molecule has 7 nitrogen and oxygen atoms in total. The van der Waals surface area contributed by atoms with Crippen molar-refractivity contribution in [1.29, 1.82) is 0 Å². The molecular formula is C22H27N5O2S. The van der Waals surface area contributed by atoms with Crippen molar-refractivity contribution >= 4 is 17.7 Å². The molecule has 158 valence electrons. The maximum absolute atomic E-state index is 12.4. The summed E-state index contributed by atoms with van der Waals surface area (Å²) in [6.45, 7) is 1.03. The highest BCUT2D eigenvalue weighted by Crippen LogP contribution is 2.17. The number of thioether (sulfide) groups is 1. The lowest BCUT2D eigenvalue weighted by Gasteiger charge is -2.25. The Labute approximate surface area is 180 Å². The van der Waals surface area contributed by atoms with Crippen molar-refractivity contribution in [3.8, 4) is 0 Å². The first-order chi connectivity index (χ1) is 14.5. The van der Waals surface area contributed by atoms with Crippen LogP contribution >= 0.6 is 11.8 Å². The predicted octanol–water partition coefficient (Wildman–Crippen LogP) is 2.33. The van der Waals surface area contributed by atoms with Gasteiger partial charge in [-0.25, -0.2) is 9.89 Å². The summed E-state index contributed by atoms with van der Waals surface area (Å²) in [6, 6.07) is 20.1. The lowest BCUT2D eigenvalue weighted by molar-refractivity contribution is -0.118. The molecule has 8 heteroatoms. The number of carbonyl (C=O) groups excluding carboxylic acids is 1. The minimum atomic E-state index is -0.259. The third kappa shape index (κ3) is 6.08. The van der Waals surface area contributed by atoms with Crippen LogP contribution in [0.15, 0.2) is 70.6 Å². The van der Waals surface area contributed by atoms with Crippen LogP contribution in [0.3, 0.4) is 0 Å². The molecule has 0 aliphatic rings. The summed E-state index contributed by atoms with van der Waals surface area (Å²) in [7, 11) is 3.99. The molecule has 2 N–H and O–H groups in total. The van der Waals surface area contributed by atoms with Gasteiger partial charge in [0.1, 0.15) is 0 Å². The molecule has 0 saturated carbocycles. The van der Waals surface area contributed by atoms with Crippen molar-refractivity contribution in [2.75, 3.05) is 26.4 Å². The quantitative estimate of drug-likeness (QED) is 0.487. The van der Waals surface area contributed by atoms with Gasteiger partial charge in [0, 0.05) is 13.1 Å². The van der Waals surface area contributed by atoms with E-state index in [1.54, 1.807) is 4.57 Å². The van der Waals surface area contributed by atoms with Crippen molar-refractivity contribution < 1.29 is 4.79 Å². The Balaban J connectivity index is 1.53. The lowest BCUT2D eigenvalue weighted by atomic mass is 10.1. The summed E-state index contributed by atoms with van der Waals surface area (Å²) in [6.07, 6.45) is 0.724. The van der Waals surface area contributed by atoms with Gasteiger partial charge in [0.2, 0.25) is 5.91 Å². The molecule has 0 radical (unpaired) electrons. The maximum Gasteiger partial charge on any atom is 0.343 e. The second kappa shape index (κ2) is 10.8. The van der Waals surface area contributed by atoms with Gasteiger partial charge in [-0.15, -0.1) is 5.10 Å². The molecule has 3 aromatic rings. The number of hydrogen-bond donors (Lipinski definition) is 2. The van der Waals surface area contributed by atoms with Crippen LogP contribution in [0.25, 0.3) is 0 Å². The third-order valence-corrected chi connectivity index (χ3v) is 5.80. The molecule has 3 rings (SSSR count). The molecule has 30 heavy (non-hydrogen) atoms. The van der Waals surface area contributed by atoms with Crippen LogP contribution in [0.2, 0.25) is 0 Å². The molecule has 0 bridgehead atoms. The maximum atomic E-state index is 12.4. The number of amides is 1. The number of H-pyrrole nitrogens is 1. The van der Waals surface area contributed by atoms with E-state index in [-0.39, 0.29) is 23.4 Å². The number of nitrogens with one attached hydrogen (secondary N) is 2. The minimum Gasteiger partial charge on any atom is -0.353 e. The Morgan fingerprint density at radius 3 is 2.47 bits per heavy atom. The molecule has 2 aromatic carbocycles. The van der Waals surface area contributed by atoms with Gasteiger partial charge in [-0.1, -0.05) is 72.4 Å². The fourth-order valence-electron chi connectivity index (χ4n) is 3.16. The number of rotatable bonds is 10. The van der Waals surface area contributed by atoms with Gasteiger partial charge in [0.05, 0.1) is 11.8 Å². The topological polar surface area (TPSA) is 83.0 Å². The Morgan fingerprint density at radius 2 is 1.80 bits per heavy atom. The molecule has 1 amide bonds. The molecule has 1 heterocycles. The summed E-state index contributed by atoms with van der Waals surface area (Å²) >= 11 is 1.26. The normalized spacial score (nSPS) is 12.1. The Kier molecular flexibility index (Phi) is 7.87. The number of carbonyl (C=O) groups is 1. The molecule has 0 saturated heterocycles. The molecule has 1 aromatic heterocycles. The molecular weight excluding hydrogens is 398 g/mol. The largest absolute Gasteiger partial charge is 0.353 e. The highest BCUT2D eigenvalue weighted by molar-refractivity contribution is 7.99. The monoisotopic (exact) mass is 425 g/mol. The van der Waals surface area contributed by atoms with E-state index in [1.165, 1.54) is 11.8 Å². The van der Waals surface area contributed by atoms with Gasteiger partial charge < -0.3 is 10.2 Å². The molecule has 0 fully saturated rings. The number of nitrogens with zero attached hydrogens (tertiary/aromatic N) is 3. The van der Waals surface area contributed by atoms with Gasteiger partial charge >= 0.3 is 5.69 Å².